The molecule has 2 fully saturated rings. The number of benzene rings is 1. The van der Waals surface area contributed by atoms with Crippen LogP contribution in [0.4, 0.5) is 0 Å². The second-order valence-corrected chi connectivity index (χ2v) is 5.48. The Morgan fingerprint density at radius 3 is 2.44 bits per heavy atom. The minimum Gasteiger partial charge on any atom is -0.346 e. The Bertz CT molecular complexity index is 376. The molecule has 0 N–H and O–H groups in total. The average molecular weight is 246 g/mol. The third-order valence-corrected chi connectivity index (χ3v) is 4.16. The highest BCUT2D eigenvalue weighted by Gasteiger charge is 2.22. The largest absolute Gasteiger partial charge is 0.346 e. The van der Waals surface area contributed by atoms with Crippen molar-refractivity contribution in [1.29, 1.82) is 0 Å². The molecule has 0 radical (unpaired) electrons. The van der Waals surface area contributed by atoms with Crippen LogP contribution in [0.15, 0.2) is 24.3 Å². The lowest BCUT2D eigenvalue weighted by atomic mass is 9.84. The lowest BCUT2D eigenvalue weighted by Crippen LogP contribution is -2.12. The molecule has 0 spiro atoms. The van der Waals surface area contributed by atoms with Crippen LogP contribution in [0.25, 0.3) is 0 Å². The monoisotopic (exact) mass is 246 g/mol. The van der Waals surface area contributed by atoms with Crippen LogP contribution in [0.5, 0.6) is 0 Å². The van der Waals surface area contributed by atoms with Gasteiger partial charge in [0, 0.05) is 5.56 Å². The summed E-state index contributed by atoms with van der Waals surface area (Å²) in [6, 6.07) is 8.63. The summed E-state index contributed by atoms with van der Waals surface area (Å²) in [5.74, 6) is 0.862. The summed E-state index contributed by atoms with van der Waals surface area (Å²) in [4.78, 5) is 0. The van der Waals surface area contributed by atoms with Gasteiger partial charge in [0.1, 0.15) is 0 Å². The summed E-state index contributed by atoms with van der Waals surface area (Å²) >= 11 is 0. The van der Waals surface area contributed by atoms with Crippen LogP contribution >= 0.6 is 0 Å². The van der Waals surface area contributed by atoms with Gasteiger partial charge in [0.25, 0.3) is 0 Å². The van der Waals surface area contributed by atoms with Crippen LogP contribution < -0.4 is 0 Å². The summed E-state index contributed by atoms with van der Waals surface area (Å²) in [7, 11) is 0. The first-order valence-electron chi connectivity index (χ1n) is 7.24. The molecule has 0 atom stereocenters. The Morgan fingerprint density at radius 1 is 0.944 bits per heavy atom. The second-order valence-electron chi connectivity index (χ2n) is 5.48. The predicted molar refractivity (Wildman–Crippen MR) is 71.4 cm³/mol. The zero-order chi connectivity index (χ0) is 12.2. The molecule has 3 rings (SSSR count). The van der Waals surface area contributed by atoms with E-state index in [4.69, 9.17) is 9.47 Å². The van der Waals surface area contributed by atoms with Gasteiger partial charge in [-0.15, -0.1) is 0 Å². The van der Waals surface area contributed by atoms with E-state index < -0.39 is 0 Å². The van der Waals surface area contributed by atoms with Crippen LogP contribution in [-0.2, 0) is 15.9 Å². The highest BCUT2D eigenvalue weighted by Crippen LogP contribution is 2.31. The molecule has 0 aromatic heterocycles. The first-order valence-corrected chi connectivity index (χ1v) is 7.24. The van der Waals surface area contributed by atoms with Crippen molar-refractivity contribution < 1.29 is 9.47 Å². The standard InChI is InChI=1S/C16H22O2/c1-2-6-13(7-3-1)12-14-8-4-5-9-15(14)16-17-10-11-18-16/h4-5,8-9,13,16H,1-3,6-7,10-12H2. The van der Waals surface area contributed by atoms with E-state index in [-0.39, 0.29) is 6.29 Å². The van der Waals surface area contributed by atoms with Gasteiger partial charge in [0.05, 0.1) is 13.2 Å². The summed E-state index contributed by atoms with van der Waals surface area (Å²) < 4.78 is 11.3. The molecule has 1 saturated heterocycles. The second kappa shape index (κ2) is 5.85. The molecule has 2 aliphatic rings. The quantitative estimate of drug-likeness (QED) is 0.806. The van der Waals surface area contributed by atoms with Crippen molar-refractivity contribution in [3.8, 4) is 0 Å². The van der Waals surface area contributed by atoms with Gasteiger partial charge in [-0.3, -0.25) is 0 Å². The van der Waals surface area contributed by atoms with E-state index in [9.17, 15) is 0 Å². The smallest absolute Gasteiger partial charge is 0.184 e. The summed E-state index contributed by atoms with van der Waals surface area (Å²) in [5.41, 5.74) is 2.68. The van der Waals surface area contributed by atoms with Crippen molar-refractivity contribution in [3.63, 3.8) is 0 Å². The maximum Gasteiger partial charge on any atom is 0.184 e. The molecule has 1 aliphatic carbocycles. The first-order chi connectivity index (χ1) is 8.93. The Labute approximate surface area is 109 Å². The molecule has 18 heavy (non-hydrogen) atoms. The topological polar surface area (TPSA) is 18.5 Å². The predicted octanol–water partition coefficient (Wildman–Crippen LogP) is 3.85. The van der Waals surface area contributed by atoms with Crippen molar-refractivity contribution in [3.05, 3.63) is 35.4 Å². The van der Waals surface area contributed by atoms with E-state index in [0.717, 1.165) is 19.1 Å². The van der Waals surface area contributed by atoms with Gasteiger partial charge >= 0.3 is 0 Å². The van der Waals surface area contributed by atoms with Crippen molar-refractivity contribution in [2.24, 2.45) is 5.92 Å². The normalized spacial score (nSPS) is 22.4. The number of hydrogen-bond donors (Lipinski definition) is 0. The maximum absolute atomic E-state index is 5.65. The fourth-order valence-electron chi connectivity index (χ4n) is 3.19. The van der Waals surface area contributed by atoms with Gasteiger partial charge in [-0.2, -0.15) is 0 Å². The van der Waals surface area contributed by atoms with E-state index in [1.165, 1.54) is 49.7 Å². The van der Waals surface area contributed by atoms with Gasteiger partial charge in [-0.05, 0) is 17.9 Å². The maximum atomic E-state index is 5.65. The number of ether oxygens (including phenoxy) is 2. The number of hydrogen-bond acceptors (Lipinski definition) is 2. The minimum atomic E-state index is -0.121. The van der Waals surface area contributed by atoms with Crippen LogP contribution in [0.3, 0.4) is 0 Å². The van der Waals surface area contributed by atoms with E-state index in [1.54, 1.807) is 0 Å². The lowest BCUT2D eigenvalue weighted by Gasteiger charge is -2.23. The van der Waals surface area contributed by atoms with Gasteiger partial charge in [-0.1, -0.05) is 56.4 Å². The molecule has 2 nitrogen and oxygen atoms in total. The van der Waals surface area contributed by atoms with Crippen LogP contribution in [-0.4, -0.2) is 13.2 Å². The highest BCUT2D eigenvalue weighted by atomic mass is 16.7. The van der Waals surface area contributed by atoms with Crippen molar-refractivity contribution in [1.82, 2.24) is 0 Å². The Morgan fingerprint density at radius 2 is 1.67 bits per heavy atom. The van der Waals surface area contributed by atoms with Gasteiger partial charge in [0.15, 0.2) is 6.29 Å². The molecule has 1 aliphatic heterocycles. The van der Waals surface area contributed by atoms with E-state index in [0.29, 0.717) is 0 Å². The molecule has 1 heterocycles. The molecule has 98 valence electrons. The SMILES string of the molecule is c1ccc(C2OCCO2)c(CC2CCCCC2)c1. The summed E-state index contributed by atoms with van der Waals surface area (Å²) in [5, 5.41) is 0. The Kier molecular flexibility index (Phi) is 3.96. The van der Waals surface area contributed by atoms with Gasteiger partial charge in [-0.25, -0.2) is 0 Å². The summed E-state index contributed by atoms with van der Waals surface area (Å²) in [6.07, 6.45) is 8.09. The molecule has 1 aromatic carbocycles. The molecule has 0 bridgehead atoms. The average Bonchev–Trinajstić information content (AvgIpc) is 2.94. The molecular formula is C16H22O2. The van der Waals surface area contributed by atoms with E-state index in [1.807, 2.05) is 0 Å². The lowest BCUT2D eigenvalue weighted by molar-refractivity contribution is -0.0448. The van der Waals surface area contributed by atoms with Crippen LogP contribution in [0, 0.1) is 5.92 Å². The fourth-order valence-corrected chi connectivity index (χ4v) is 3.19. The third-order valence-electron chi connectivity index (χ3n) is 4.16. The van der Waals surface area contributed by atoms with Crippen molar-refractivity contribution in [2.45, 2.75) is 44.8 Å². The number of rotatable bonds is 3. The zero-order valence-electron chi connectivity index (χ0n) is 10.9. The van der Waals surface area contributed by atoms with Crippen LogP contribution in [0.1, 0.15) is 49.5 Å². The minimum absolute atomic E-state index is 0.121. The molecule has 1 saturated carbocycles. The first kappa shape index (κ1) is 12.2. The van der Waals surface area contributed by atoms with Crippen LogP contribution in [0.2, 0.25) is 0 Å². The van der Waals surface area contributed by atoms with E-state index in [2.05, 4.69) is 24.3 Å². The van der Waals surface area contributed by atoms with Gasteiger partial charge in [0.2, 0.25) is 0 Å². The molecular weight excluding hydrogens is 224 g/mol. The summed E-state index contributed by atoms with van der Waals surface area (Å²) in [6.45, 7) is 1.45. The van der Waals surface area contributed by atoms with E-state index >= 15 is 0 Å². The molecule has 0 unspecified atom stereocenters. The molecule has 2 heteroatoms. The Balaban J connectivity index is 1.73. The van der Waals surface area contributed by atoms with Gasteiger partial charge < -0.3 is 9.47 Å². The fraction of sp³-hybridized carbons (Fsp3) is 0.625. The molecule has 1 aromatic rings. The highest BCUT2D eigenvalue weighted by molar-refractivity contribution is 5.29. The van der Waals surface area contributed by atoms with Crippen molar-refractivity contribution >= 4 is 0 Å². The van der Waals surface area contributed by atoms with Crippen molar-refractivity contribution in [2.75, 3.05) is 13.2 Å². The Hall–Kier alpha value is -0.860. The third kappa shape index (κ3) is 2.76. The molecule has 0 amide bonds. The zero-order valence-corrected chi connectivity index (χ0v) is 10.9.